The lowest BCUT2D eigenvalue weighted by Gasteiger charge is -2.33. The number of aldehydes is 1. The molecule has 3 atom stereocenters. The average Bonchev–Trinajstić information content (AvgIpc) is 3.43. The van der Waals surface area contributed by atoms with Crippen molar-refractivity contribution < 1.29 is 23.9 Å². The molecule has 0 fully saturated rings. The Bertz CT molecular complexity index is 1760. The van der Waals surface area contributed by atoms with Crippen LogP contribution in [0.3, 0.4) is 0 Å². The number of fused-ring (bicyclic) bond motifs is 3. The molecule has 1 radical (unpaired) electrons. The first-order chi connectivity index (χ1) is 27.5. The number of esters is 2. The largest absolute Gasteiger partial charge is 0.466 e. The summed E-state index contributed by atoms with van der Waals surface area (Å²) < 4.78 is 11.2. The lowest BCUT2D eigenvalue weighted by Crippen LogP contribution is -2.25. The summed E-state index contributed by atoms with van der Waals surface area (Å²) in [4.78, 5) is 36.5. The van der Waals surface area contributed by atoms with E-state index in [4.69, 9.17) is 9.47 Å². The lowest BCUT2D eigenvalue weighted by atomic mass is 9.51. The van der Waals surface area contributed by atoms with Gasteiger partial charge >= 0.3 is 11.9 Å². The molecule has 0 amide bonds. The predicted molar refractivity (Wildman–Crippen MR) is 243 cm³/mol. The van der Waals surface area contributed by atoms with Gasteiger partial charge in [0.05, 0.1) is 13.2 Å². The fraction of sp³-hybridized carbons (Fsp3) is 0.596. The Balaban J connectivity index is 1.37. The van der Waals surface area contributed by atoms with Gasteiger partial charge in [0.25, 0.3) is 0 Å². The fourth-order valence-electron chi connectivity index (χ4n) is 8.30. The highest BCUT2D eigenvalue weighted by atomic mass is 16.5. The number of hydrogen-bond acceptors (Lipinski definition) is 5. The molecule has 3 aromatic carbocycles. The van der Waals surface area contributed by atoms with E-state index in [1.54, 1.807) is 0 Å². The second kappa shape index (κ2) is 22.1. The van der Waals surface area contributed by atoms with Crippen LogP contribution in [0.5, 0.6) is 0 Å². The molecule has 0 saturated carbocycles. The molecule has 0 aromatic heterocycles. The van der Waals surface area contributed by atoms with Crippen molar-refractivity contribution in [2.75, 3.05) is 13.2 Å². The number of carbonyl (C=O) groups is 3. The molecule has 315 valence electrons. The van der Waals surface area contributed by atoms with Crippen LogP contribution in [0.25, 0.3) is 22.3 Å². The van der Waals surface area contributed by atoms with Crippen LogP contribution in [0.1, 0.15) is 161 Å². The summed E-state index contributed by atoms with van der Waals surface area (Å²) in [5, 5.41) is 0.0546. The molecule has 58 heavy (non-hydrogen) atoms. The van der Waals surface area contributed by atoms with Crippen molar-refractivity contribution in [1.29, 1.82) is 0 Å². The first-order valence-electron chi connectivity index (χ1n) is 22.5. The molecule has 1 aliphatic carbocycles. The number of benzene rings is 3. The molecule has 0 heterocycles. The van der Waals surface area contributed by atoms with Crippen molar-refractivity contribution in [1.82, 2.24) is 0 Å². The van der Waals surface area contributed by atoms with Crippen molar-refractivity contribution in [2.45, 2.75) is 169 Å². The lowest BCUT2D eigenvalue weighted by molar-refractivity contribution is -0.145. The monoisotopic (exact) mass is 790 g/mol. The van der Waals surface area contributed by atoms with Crippen LogP contribution in [0.2, 0.25) is 11.6 Å². The summed E-state index contributed by atoms with van der Waals surface area (Å²) in [5.41, 5.74) is 10.8. The Morgan fingerprint density at radius 1 is 0.655 bits per heavy atom. The highest BCUT2D eigenvalue weighted by Crippen LogP contribution is 2.55. The SMILES string of the molecule is Cc1ccc(-c2ccc3c(c2)C(CCCCCCOC(=O)CCC(C=O)C[B]C(C)(C)C)(CCCCCCOC(=O)CCC(C)C(C)(C)C)c2cc(C)ccc2-3)cc1. The van der Waals surface area contributed by atoms with E-state index in [0.717, 1.165) is 76.9 Å². The van der Waals surface area contributed by atoms with E-state index in [1.165, 1.54) is 44.5 Å². The quantitative estimate of drug-likeness (QED) is 0.0391. The van der Waals surface area contributed by atoms with Crippen LogP contribution in [0, 0.1) is 31.1 Å². The van der Waals surface area contributed by atoms with Gasteiger partial charge in [-0.2, -0.15) is 0 Å². The summed E-state index contributed by atoms with van der Waals surface area (Å²) >= 11 is 0. The molecular weight excluding hydrogens is 715 g/mol. The predicted octanol–water partition coefficient (Wildman–Crippen LogP) is 13.6. The van der Waals surface area contributed by atoms with Crippen molar-refractivity contribution in [3.8, 4) is 22.3 Å². The van der Waals surface area contributed by atoms with Crippen molar-refractivity contribution >= 4 is 25.5 Å². The average molecular weight is 790 g/mol. The number of hydrogen-bond donors (Lipinski definition) is 0. The molecule has 0 N–H and O–H groups in total. The third kappa shape index (κ3) is 14.3. The van der Waals surface area contributed by atoms with E-state index < -0.39 is 0 Å². The Labute approximate surface area is 353 Å². The minimum atomic E-state index is -0.204. The number of rotatable bonds is 24. The van der Waals surface area contributed by atoms with E-state index in [9.17, 15) is 14.4 Å². The second-order valence-corrected chi connectivity index (χ2v) is 19.6. The van der Waals surface area contributed by atoms with E-state index in [1.807, 2.05) is 0 Å². The standard InChI is InChI=1S/C52H74BO5/c1-38-18-23-42(24-19-38)43-25-27-45-44-26-20-39(2)34-46(44)52(47(45)35-43,30-14-10-12-16-32-57-48(55)28-21-40(3)50(4,5)6)31-15-11-13-17-33-58-49(56)29-22-41(37-54)36-53-51(7,8)9/h18-20,23-27,34-35,37,40-41H,10-17,21-22,28-33,36H2,1-9H3. The molecule has 1 aliphatic rings. The second-order valence-electron chi connectivity index (χ2n) is 19.6. The zero-order chi connectivity index (χ0) is 42.3. The van der Waals surface area contributed by atoms with Crippen molar-refractivity contribution in [3.63, 3.8) is 0 Å². The maximum absolute atomic E-state index is 12.5. The van der Waals surface area contributed by atoms with Crippen LogP contribution >= 0.6 is 0 Å². The molecule has 0 saturated heterocycles. The smallest absolute Gasteiger partial charge is 0.305 e. The van der Waals surface area contributed by atoms with E-state index in [2.05, 4.69) is 130 Å². The van der Waals surface area contributed by atoms with Gasteiger partial charge in [0.1, 0.15) is 13.6 Å². The Kier molecular flexibility index (Phi) is 17.9. The number of ether oxygens (including phenoxy) is 2. The minimum absolute atomic E-state index is 0.0546. The zero-order valence-electron chi connectivity index (χ0n) is 37.6. The Morgan fingerprint density at radius 3 is 1.71 bits per heavy atom. The third-order valence-electron chi connectivity index (χ3n) is 12.6. The summed E-state index contributed by atoms with van der Waals surface area (Å²) in [6.45, 7) is 20.6. The summed E-state index contributed by atoms with van der Waals surface area (Å²) in [6.07, 6.45) is 14.2. The van der Waals surface area contributed by atoms with E-state index in [-0.39, 0.29) is 40.4 Å². The molecule has 6 heteroatoms. The molecule has 0 aliphatic heterocycles. The van der Waals surface area contributed by atoms with Gasteiger partial charge in [0.2, 0.25) is 0 Å². The van der Waals surface area contributed by atoms with Crippen LogP contribution in [-0.4, -0.2) is 38.7 Å². The summed E-state index contributed by atoms with van der Waals surface area (Å²) in [7, 11) is 2.16. The van der Waals surface area contributed by atoms with E-state index >= 15 is 0 Å². The van der Waals surface area contributed by atoms with Gasteiger partial charge in [-0.3, -0.25) is 9.59 Å². The fourth-order valence-corrected chi connectivity index (χ4v) is 8.30. The molecule has 5 nitrogen and oxygen atoms in total. The van der Waals surface area contributed by atoms with Crippen molar-refractivity contribution in [3.05, 3.63) is 82.9 Å². The maximum atomic E-state index is 12.5. The molecule has 3 aromatic rings. The first kappa shape index (κ1) is 47.0. The van der Waals surface area contributed by atoms with Gasteiger partial charge in [-0.1, -0.05) is 164 Å². The van der Waals surface area contributed by atoms with Gasteiger partial charge in [-0.05, 0) is 103 Å². The first-order valence-corrected chi connectivity index (χ1v) is 22.5. The zero-order valence-corrected chi connectivity index (χ0v) is 37.6. The Hall–Kier alpha value is -3.67. The molecule has 0 spiro atoms. The summed E-state index contributed by atoms with van der Waals surface area (Å²) in [6, 6.07) is 23.0. The van der Waals surface area contributed by atoms with Crippen LogP contribution in [-0.2, 0) is 29.3 Å². The topological polar surface area (TPSA) is 69.7 Å². The van der Waals surface area contributed by atoms with Gasteiger partial charge in [-0.15, -0.1) is 0 Å². The highest BCUT2D eigenvalue weighted by molar-refractivity contribution is 6.39. The highest BCUT2D eigenvalue weighted by Gasteiger charge is 2.42. The van der Waals surface area contributed by atoms with Crippen molar-refractivity contribution in [2.24, 2.45) is 17.3 Å². The molecular formula is C52H74BO5. The van der Waals surface area contributed by atoms with Gasteiger partial charge in [0.15, 0.2) is 0 Å². The Morgan fingerprint density at radius 2 is 1.16 bits per heavy atom. The van der Waals surface area contributed by atoms with Crippen LogP contribution < -0.4 is 0 Å². The molecule has 4 rings (SSSR count). The summed E-state index contributed by atoms with van der Waals surface area (Å²) in [5.74, 6) is 0.0650. The molecule has 0 bridgehead atoms. The minimum Gasteiger partial charge on any atom is -0.466 e. The molecule has 3 unspecified atom stereocenters. The number of aryl methyl sites for hydroxylation is 2. The van der Waals surface area contributed by atoms with Gasteiger partial charge in [-0.25, -0.2) is 0 Å². The van der Waals surface area contributed by atoms with Gasteiger partial charge in [0, 0.05) is 24.2 Å². The number of carbonyl (C=O) groups excluding carboxylic acids is 3. The van der Waals surface area contributed by atoms with Crippen LogP contribution in [0.4, 0.5) is 0 Å². The van der Waals surface area contributed by atoms with E-state index in [0.29, 0.717) is 38.3 Å². The maximum Gasteiger partial charge on any atom is 0.305 e. The van der Waals surface area contributed by atoms with Crippen LogP contribution in [0.15, 0.2) is 60.7 Å². The van der Waals surface area contributed by atoms with Gasteiger partial charge < -0.3 is 14.3 Å². The normalized spacial score (nSPS) is 15.9. The number of unbranched alkanes of at least 4 members (excludes halogenated alkanes) is 6. The third-order valence-corrected chi connectivity index (χ3v) is 12.6.